The first kappa shape index (κ1) is 22.0. The molecular formula is C21H27ClN2O4. The number of phenols is 1. The molecule has 0 spiro atoms. The van der Waals surface area contributed by atoms with Gasteiger partial charge in [-0.25, -0.2) is 4.79 Å². The SMILES string of the molecule is Cc1cc(O)ccc1-n1cc(C(=O)O)c(=O)cc1C1CCN(C(C)C)CC1.Cl. The molecule has 0 unspecified atom stereocenters. The van der Waals surface area contributed by atoms with Crippen LogP contribution < -0.4 is 5.43 Å². The quantitative estimate of drug-likeness (QED) is 0.811. The van der Waals surface area contributed by atoms with Gasteiger partial charge in [-0.3, -0.25) is 4.79 Å². The van der Waals surface area contributed by atoms with Gasteiger partial charge < -0.3 is 19.7 Å². The van der Waals surface area contributed by atoms with Crippen LogP contribution in [0.2, 0.25) is 0 Å². The Morgan fingerprint density at radius 2 is 1.82 bits per heavy atom. The highest BCUT2D eigenvalue weighted by atomic mass is 35.5. The molecule has 7 heteroatoms. The lowest BCUT2D eigenvalue weighted by molar-refractivity contribution is 0.0694. The Morgan fingerprint density at radius 3 is 2.36 bits per heavy atom. The van der Waals surface area contributed by atoms with Crippen molar-refractivity contribution in [1.29, 1.82) is 0 Å². The normalized spacial score (nSPS) is 15.4. The van der Waals surface area contributed by atoms with Crippen LogP contribution in [0.15, 0.2) is 35.3 Å². The Balaban J connectivity index is 0.00000280. The van der Waals surface area contributed by atoms with Crippen molar-refractivity contribution in [2.24, 2.45) is 0 Å². The largest absolute Gasteiger partial charge is 0.508 e. The van der Waals surface area contributed by atoms with Gasteiger partial charge in [-0.2, -0.15) is 0 Å². The van der Waals surface area contributed by atoms with E-state index in [1.54, 1.807) is 18.2 Å². The first-order valence-corrected chi connectivity index (χ1v) is 9.32. The Bertz CT molecular complexity index is 915. The minimum Gasteiger partial charge on any atom is -0.508 e. The van der Waals surface area contributed by atoms with E-state index in [4.69, 9.17) is 0 Å². The molecule has 2 heterocycles. The van der Waals surface area contributed by atoms with Gasteiger partial charge in [0.05, 0.1) is 0 Å². The number of carboxylic acids is 1. The minimum atomic E-state index is -1.23. The topological polar surface area (TPSA) is 82.8 Å². The molecule has 152 valence electrons. The fourth-order valence-electron chi connectivity index (χ4n) is 3.85. The Hall–Kier alpha value is -2.31. The average molecular weight is 407 g/mol. The number of aromatic nitrogens is 1. The lowest BCUT2D eigenvalue weighted by Crippen LogP contribution is -2.38. The van der Waals surface area contributed by atoms with Gasteiger partial charge in [0, 0.05) is 35.6 Å². The zero-order valence-electron chi connectivity index (χ0n) is 16.4. The third-order valence-electron chi connectivity index (χ3n) is 5.43. The summed E-state index contributed by atoms with van der Waals surface area (Å²) in [5.41, 5.74) is 1.72. The van der Waals surface area contributed by atoms with Crippen molar-refractivity contribution in [3.05, 3.63) is 57.5 Å². The van der Waals surface area contributed by atoms with Crippen LogP contribution in [0.4, 0.5) is 0 Å². The highest BCUT2D eigenvalue weighted by Crippen LogP contribution is 2.31. The molecule has 1 aliphatic rings. The molecule has 2 aromatic rings. The summed E-state index contributed by atoms with van der Waals surface area (Å²) in [5.74, 6) is -0.891. The van der Waals surface area contributed by atoms with Gasteiger partial charge >= 0.3 is 5.97 Å². The molecule has 28 heavy (non-hydrogen) atoms. The number of likely N-dealkylation sites (tertiary alicyclic amines) is 1. The molecule has 0 amide bonds. The third-order valence-corrected chi connectivity index (χ3v) is 5.43. The van der Waals surface area contributed by atoms with Gasteiger partial charge in [0.1, 0.15) is 11.3 Å². The molecule has 6 nitrogen and oxygen atoms in total. The highest BCUT2D eigenvalue weighted by Gasteiger charge is 2.26. The van der Waals surface area contributed by atoms with Gasteiger partial charge in [0.2, 0.25) is 0 Å². The van der Waals surface area contributed by atoms with E-state index in [0.717, 1.165) is 42.9 Å². The summed E-state index contributed by atoms with van der Waals surface area (Å²) in [7, 11) is 0. The van der Waals surface area contributed by atoms with Gasteiger partial charge in [0.25, 0.3) is 0 Å². The van der Waals surface area contributed by atoms with Crippen LogP contribution in [-0.2, 0) is 0 Å². The number of aromatic carboxylic acids is 1. The van der Waals surface area contributed by atoms with E-state index in [1.807, 2.05) is 11.5 Å². The number of phenolic OH excluding ortho intramolecular Hbond substituents is 1. The Labute approximate surface area is 170 Å². The van der Waals surface area contributed by atoms with E-state index in [1.165, 1.54) is 12.3 Å². The van der Waals surface area contributed by atoms with E-state index >= 15 is 0 Å². The van der Waals surface area contributed by atoms with Crippen molar-refractivity contribution in [2.45, 2.75) is 45.6 Å². The van der Waals surface area contributed by atoms with Crippen LogP contribution in [0.25, 0.3) is 5.69 Å². The summed E-state index contributed by atoms with van der Waals surface area (Å²) in [6.07, 6.45) is 3.26. The molecule has 0 radical (unpaired) electrons. The van der Waals surface area contributed by atoms with Crippen LogP contribution in [0, 0.1) is 6.92 Å². The van der Waals surface area contributed by atoms with Crippen LogP contribution >= 0.6 is 12.4 Å². The zero-order chi connectivity index (χ0) is 19.7. The molecule has 1 saturated heterocycles. The summed E-state index contributed by atoms with van der Waals surface area (Å²) in [4.78, 5) is 26.3. The maximum absolute atomic E-state index is 12.4. The van der Waals surface area contributed by atoms with Gasteiger partial charge in [0.15, 0.2) is 5.43 Å². The molecule has 0 aliphatic carbocycles. The Kier molecular flexibility index (Phi) is 6.91. The average Bonchev–Trinajstić information content (AvgIpc) is 2.61. The maximum Gasteiger partial charge on any atom is 0.341 e. The summed E-state index contributed by atoms with van der Waals surface area (Å²) in [6.45, 7) is 8.12. The molecule has 1 aliphatic heterocycles. The number of nitrogens with zero attached hydrogens (tertiary/aromatic N) is 2. The van der Waals surface area contributed by atoms with Gasteiger partial charge in [-0.15, -0.1) is 12.4 Å². The number of pyridine rings is 1. The number of aromatic hydroxyl groups is 1. The molecule has 0 saturated carbocycles. The molecule has 1 aromatic carbocycles. The predicted octanol–water partition coefficient (Wildman–Crippen LogP) is 3.56. The second-order valence-electron chi connectivity index (χ2n) is 7.53. The summed E-state index contributed by atoms with van der Waals surface area (Å²) < 4.78 is 1.81. The smallest absolute Gasteiger partial charge is 0.341 e. The number of aryl methyl sites for hydroxylation is 1. The first-order valence-electron chi connectivity index (χ1n) is 9.32. The van der Waals surface area contributed by atoms with Gasteiger partial charge in [-0.1, -0.05) is 0 Å². The summed E-state index contributed by atoms with van der Waals surface area (Å²) in [6, 6.07) is 6.94. The third kappa shape index (κ3) is 4.39. The molecule has 0 atom stereocenters. The van der Waals surface area contributed by atoms with Crippen molar-refractivity contribution < 1.29 is 15.0 Å². The van der Waals surface area contributed by atoms with Crippen LogP contribution in [0.5, 0.6) is 5.75 Å². The Morgan fingerprint density at radius 1 is 1.18 bits per heavy atom. The summed E-state index contributed by atoms with van der Waals surface area (Å²) >= 11 is 0. The number of carbonyl (C=O) groups is 1. The monoisotopic (exact) mass is 406 g/mol. The van der Waals surface area contributed by atoms with Crippen molar-refractivity contribution in [1.82, 2.24) is 9.47 Å². The molecular weight excluding hydrogens is 380 g/mol. The minimum absolute atomic E-state index is 0. The zero-order valence-corrected chi connectivity index (χ0v) is 17.2. The van der Waals surface area contributed by atoms with Crippen LogP contribution in [-0.4, -0.2) is 44.8 Å². The van der Waals surface area contributed by atoms with Crippen molar-refractivity contribution in [3.63, 3.8) is 0 Å². The van der Waals surface area contributed by atoms with Crippen molar-refractivity contribution >= 4 is 18.4 Å². The van der Waals surface area contributed by atoms with E-state index in [2.05, 4.69) is 18.7 Å². The number of rotatable bonds is 4. The van der Waals surface area contributed by atoms with E-state index in [-0.39, 0.29) is 29.6 Å². The first-order chi connectivity index (χ1) is 12.8. The molecule has 0 bridgehead atoms. The second-order valence-corrected chi connectivity index (χ2v) is 7.53. The molecule has 2 N–H and O–H groups in total. The fourth-order valence-corrected chi connectivity index (χ4v) is 3.85. The lowest BCUT2D eigenvalue weighted by atomic mass is 9.91. The van der Waals surface area contributed by atoms with Crippen molar-refractivity contribution in [2.75, 3.05) is 13.1 Å². The van der Waals surface area contributed by atoms with Crippen LogP contribution in [0.3, 0.4) is 0 Å². The number of hydrogen-bond acceptors (Lipinski definition) is 4. The van der Waals surface area contributed by atoms with Crippen LogP contribution in [0.1, 0.15) is 54.2 Å². The van der Waals surface area contributed by atoms with E-state index in [9.17, 15) is 19.8 Å². The lowest BCUT2D eigenvalue weighted by Gasteiger charge is -2.35. The molecule has 1 aromatic heterocycles. The second kappa shape index (κ2) is 8.80. The highest BCUT2D eigenvalue weighted by molar-refractivity contribution is 5.87. The number of halogens is 1. The molecule has 1 fully saturated rings. The molecule has 3 rings (SSSR count). The number of carboxylic acid groups (broad SMARTS) is 1. The fraction of sp³-hybridized carbons (Fsp3) is 0.429. The van der Waals surface area contributed by atoms with E-state index in [0.29, 0.717) is 6.04 Å². The van der Waals surface area contributed by atoms with E-state index < -0.39 is 11.4 Å². The van der Waals surface area contributed by atoms with Gasteiger partial charge in [-0.05, 0) is 70.5 Å². The predicted molar refractivity (Wildman–Crippen MR) is 111 cm³/mol. The number of hydrogen-bond donors (Lipinski definition) is 2. The van der Waals surface area contributed by atoms with Crippen molar-refractivity contribution in [3.8, 4) is 11.4 Å². The maximum atomic E-state index is 12.4. The number of benzene rings is 1. The standard InChI is InChI=1S/C21H26N2O4.ClH/c1-13(2)22-8-6-15(7-9-22)19-11-20(25)17(21(26)27)12-23(19)18-5-4-16(24)10-14(18)3;/h4-5,10-13,15,24H,6-9H2,1-3H3,(H,26,27);1H. The summed E-state index contributed by atoms with van der Waals surface area (Å²) in [5, 5.41) is 19.1. The number of piperidine rings is 1.